The summed E-state index contributed by atoms with van der Waals surface area (Å²) in [4.78, 5) is 7.21. The highest BCUT2D eigenvalue weighted by atomic mass is 16.3. The number of nitrogens with zero attached hydrogens (tertiary/aromatic N) is 2. The quantitative estimate of drug-likeness (QED) is 0.377. The molecule has 5 nitrogen and oxygen atoms in total. The monoisotopic (exact) mass is 342 g/mol. The van der Waals surface area contributed by atoms with Crippen LogP contribution in [-0.2, 0) is 0 Å². The fraction of sp³-hybridized carbons (Fsp3) is 0.947. The van der Waals surface area contributed by atoms with E-state index in [9.17, 15) is 5.11 Å². The molecule has 0 fully saturated rings. The molecule has 0 aliphatic carbocycles. The fourth-order valence-corrected chi connectivity index (χ4v) is 3.11. The van der Waals surface area contributed by atoms with Crippen molar-refractivity contribution in [1.29, 1.82) is 0 Å². The number of aliphatic imine (C=N–C) groups is 1. The first-order valence-corrected chi connectivity index (χ1v) is 9.70. The molecule has 0 radical (unpaired) electrons. The van der Waals surface area contributed by atoms with E-state index in [-0.39, 0.29) is 6.61 Å². The average molecular weight is 343 g/mol. The molecule has 0 aromatic heterocycles. The number of aliphatic hydroxyl groups excluding tert-OH is 1. The largest absolute Gasteiger partial charge is 0.396 e. The zero-order valence-corrected chi connectivity index (χ0v) is 17.1. The summed E-state index contributed by atoms with van der Waals surface area (Å²) < 4.78 is 0. The van der Waals surface area contributed by atoms with Gasteiger partial charge in [0, 0.05) is 44.9 Å². The van der Waals surface area contributed by atoms with Crippen molar-refractivity contribution in [2.24, 2.45) is 16.8 Å². The Bertz CT molecular complexity index is 321. The number of aliphatic hydroxyl groups is 1. The molecular weight excluding hydrogens is 300 g/mol. The van der Waals surface area contributed by atoms with Gasteiger partial charge in [0.1, 0.15) is 0 Å². The summed E-state index contributed by atoms with van der Waals surface area (Å²) >= 11 is 0. The first kappa shape index (κ1) is 23.2. The van der Waals surface area contributed by atoms with Crippen molar-refractivity contribution in [1.82, 2.24) is 15.5 Å². The van der Waals surface area contributed by atoms with Crippen LogP contribution in [0.5, 0.6) is 0 Å². The Morgan fingerprint density at radius 1 is 1.04 bits per heavy atom. The van der Waals surface area contributed by atoms with Gasteiger partial charge in [0.25, 0.3) is 0 Å². The Labute approximate surface area is 150 Å². The van der Waals surface area contributed by atoms with Crippen molar-refractivity contribution in [2.45, 2.75) is 73.4 Å². The van der Waals surface area contributed by atoms with Crippen LogP contribution in [0.3, 0.4) is 0 Å². The number of hydrogen-bond acceptors (Lipinski definition) is 3. The summed E-state index contributed by atoms with van der Waals surface area (Å²) in [6.45, 7) is 19.3. The van der Waals surface area contributed by atoms with Gasteiger partial charge < -0.3 is 15.7 Å². The summed E-state index contributed by atoms with van der Waals surface area (Å²) in [6, 6.07) is 1.09. The summed E-state index contributed by atoms with van der Waals surface area (Å²) in [5.41, 5.74) is 0. The molecule has 0 aromatic carbocycles. The predicted octanol–water partition coefficient (Wildman–Crippen LogP) is 2.71. The Balaban J connectivity index is 4.54. The molecule has 0 aliphatic rings. The molecule has 0 amide bonds. The molecule has 1 atom stereocenters. The van der Waals surface area contributed by atoms with E-state index in [1.807, 2.05) is 0 Å². The molecule has 0 spiro atoms. The van der Waals surface area contributed by atoms with E-state index in [1.54, 1.807) is 0 Å². The second-order valence-corrected chi connectivity index (χ2v) is 7.58. The zero-order valence-electron chi connectivity index (χ0n) is 17.1. The van der Waals surface area contributed by atoms with E-state index >= 15 is 0 Å². The molecule has 0 aromatic rings. The van der Waals surface area contributed by atoms with Gasteiger partial charge in [-0.25, -0.2) is 0 Å². The van der Waals surface area contributed by atoms with E-state index in [0.717, 1.165) is 45.0 Å². The van der Waals surface area contributed by atoms with Gasteiger partial charge in [0.05, 0.1) is 0 Å². The van der Waals surface area contributed by atoms with Crippen LogP contribution in [-0.4, -0.2) is 60.8 Å². The standard InChI is InChI=1S/C19H42N4O/c1-8-20-19(21-10-11-23(16(4)5)17(6)7)22-14-18(9-12-24)13-15(2)3/h15-18,24H,8-14H2,1-7H3,(H2,20,21,22). The lowest BCUT2D eigenvalue weighted by atomic mass is 9.94. The third kappa shape index (κ3) is 10.9. The maximum absolute atomic E-state index is 9.24. The molecule has 1 unspecified atom stereocenters. The van der Waals surface area contributed by atoms with Crippen molar-refractivity contribution in [3.05, 3.63) is 0 Å². The lowest BCUT2D eigenvalue weighted by molar-refractivity contribution is 0.178. The van der Waals surface area contributed by atoms with Crippen LogP contribution in [0, 0.1) is 11.8 Å². The van der Waals surface area contributed by atoms with E-state index in [0.29, 0.717) is 23.9 Å². The SMILES string of the molecule is CCNC(=NCC(CCO)CC(C)C)NCCN(C(C)C)C(C)C. The molecule has 0 rings (SSSR count). The third-order valence-corrected chi connectivity index (χ3v) is 4.18. The van der Waals surface area contributed by atoms with Gasteiger partial charge in [0.2, 0.25) is 0 Å². The molecule has 24 heavy (non-hydrogen) atoms. The highest BCUT2D eigenvalue weighted by Crippen LogP contribution is 2.15. The maximum atomic E-state index is 9.24. The molecule has 0 bridgehead atoms. The van der Waals surface area contributed by atoms with Crippen LogP contribution >= 0.6 is 0 Å². The molecule has 3 N–H and O–H groups in total. The Morgan fingerprint density at radius 2 is 1.67 bits per heavy atom. The number of nitrogens with one attached hydrogen (secondary N) is 2. The van der Waals surface area contributed by atoms with Crippen LogP contribution in [0.4, 0.5) is 0 Å². The first-order chi connectivity index (χ1) is 11.3. The van der Waals surface area contributed by atoms with Crippen LogP contribution in [0.25, 0.3) is 0 Å². The molecule has 144 valence electrons. The number of hydrogen-bond donors (Lipinski definition) is 3. The second-order valence-electron chi connectivity index (χ2n) is 7.58. The molecule has 0 aliphatic heterocycles. The van der Waals surface area contributed by atoms with Gasteiger partial charge in [-0.15, -0.1) is 0 Å². The van der Waals surface area contributed by atoms with E-state index < -0.39 is 0 Å². The minimum Gasteiger partial charge on any atom is -0.396 e. The van der Waals surface area contributed by atoms with Crippen LogP contribution in [0.15, 0.2) is 4.99 Å². The summed E-state index contributed by atoms with van der Waals surface area (Å²) in [5, 5.41) is 16.0. The maximum Gasteiger partial charge on any atom is 0.191 e. The molecule has 0 heterocycles. The van der Waals surface area contributed by atoms with Gasteiger partial charge in [-0.2, -0.15) is 0 Å². The van der Waals surface area contributed by atoms with Crippen molar-refractivity contribution in [3.8, 4) is 0 Å². The molecule has 0 saturated heterocycles. The average Bonchev–Trinajstić information content (AvgIpc) is 2.47. The minimum atomic E-state index is 0.245. The smallest absolute Gasteiger partial charge is 0.191 e. The number of guanidine groups is 1. The Hall–Kier alpha value is -0.810. The van der Waals surface area contributed by atoms with E-state index in [4.69, 9.17) is 4.99 Å². The van der Waals surface area contributed by atoms with Gasteiger partial charge in [-0.05, 0) is 59.3 Å². The number of rotatable bonds is 12. The zero-order chi connectivity index (χ0) is 18.5. The summed E-state index contributed by atoms with van der Waals surface area (Å²) in [5.74, 6) is 1.97. The van der Waals surface area contributed by atoms with Crippen LogP contribution in [0.2, 0.25) is 0 Å². The fourth-order valence-electron chi connectivity index (χ4n) is 3.11. The Kier molecular flexibility index (Phi) is 13.0. The topological polar surface area (TPSA) is 59.9 Å². The Morgan fingerprint density at radius 3 is 2.12 bits per heavy atom. The first-order valence-electron chi connectivity index (χ1n) is 9.70. The summed E-state index contributed by atoms with van der Waals surface area (Å²) in [7, 11) is 0. The highest BCUT2D eigenvalue weighted by Gasteiger charge is 2.13. The minimum absolute atomic E-state index is 0.245. The molecule has 0 saturated carbocycles. The lowest BCUT2D eigenvalue weighted by Crippen LogP contribution is -2.45. The third-order valence-electron chi connectivity index (χ3n) is 4.18. The van der Waals surface area contributed by atoms with Gasteiger partial charge in [-0.1, -0.05) is 13.8 Å². The van der Waals surface area contributed by atoms with E-state index in [1.165, 1.54) is 0 Å². The second kappa shape index (κ2) is 13.5. The van der Waals surface area contributed by atoms with Gasteiger partial charge in [0.15, 0.2) is 5.96 Å². The van der Waals surface area contributed by atoms with Gasteiger partial charge in [-0.3, -0.25) is 9.89 Å². The lowest BCUT2D eigenvalue weighted by Gasteiger charge is -2.30. The van der Waals surface area contributed by atoms with Crippen molar-refractivity contribution in [3.63, 3.8) is 0 Å². The van der Waals surface area contributed by atoms with E-state index in [2.05, 4.69) is 64.0 Å². The van der Waals surface area contributed by atoms with Crippen molar-refractivity contribution >= 4 is 5.96 Å². The summed E-state index contributed by atoms with van der Waals surface area (Å²) in [6.07, 6.45) is 1.94. The normalized spacial score (nSPS) is 14.1. The van der Waals surface area contributed by atoms with Crippen LogP contribution in [0.1, 0.15) is 61.3 Å². The van der Waals surface area contributed by atoms with Gasteiger partial charge >= 0.3 is 0 Å². The predicted molar refractivity (Wildman–Crippen MR) is 106 cm³/mol. The van der Waals surface area contributed by atoms with Crippen molar-refractivity contribution < 1.29 is 5.11 Å². The highest BCUT2D eigenvalue weighted by molar-refractivity contribution is 5.79. The molecule has 5 heteroatoms. The van der Waals surface area contributed by atoms with Crippen molar-refractivity contribution in [2.75, 3.05) is 32.8 Å². The van der Waals surface area contributed by atoms with Crippen LogP contribution < -0.4 is 10.6 Å². The molecular formula is C19H42N4O.